The van der Waals surface area contributed by atoms with E-state index < -0.39 is 10.0 Å². The number of nitrogens with zero attached hydrogens (tertiary/aromatic N) is 3. The molecule has 33 heavy (non-hydrogen) atoms. The van der Waals surface area contributed by atoms with E-state index in [1.165, 1.54) is 0 Å². The Labute approximate surface area is 196 Å². The maximum Gasteiger partial charge on any atom is 0.256 e. The summed E-state index contributed by atoms with van der Waals surface area (Å²) in [5.74, 6) is -0.233. The van der Waals surface area contributed by atoms with Crippen molar-refractivity contribution in [3.63, 3.8) is 0 Å². The molecule has 172 valence electrons. The molecule has 1 aromatic carbocycles. The minimum atomic E-state index is -3.37. The summed E-state index contributed by atoms with van der Waals surface area (Å²) in [5, 5.41) is 9.98. The highest BCUT2D eigenvalue weighted by atomic mass is 32.2. The minimum absolute atomic E-state index is 0.0557. The molecule has 0 aliphatic heterocycles. The van der Waals surface area contributed by atoms with Crippen LogP contribution < -0.4 is 10.0 Å². The van der Waals surface area contributed by atoms with Crippen LogP contribution in [0.15, 0.2) is 54.0 Å². The predicted octanol–water partition coefficient (Wildman–Crippen LogP) is 5.14. The summed E-state index contributed by atoms with van der Waals surface area (Å²) in [7, 11) is -3.37. The van der Waals surface area contributed by atoms with Gasteiger partial charge in [-0.15, -0.1) is 11.3 Å². The lowest BCUT2D eigenvalue weighted by molar-refractivity contribution is 0.102. The third-order valence-electron chi connectivity index (χ3n) is 4.96. The molecular formula is C23H25N5O3S2. The second-order valence-corrected chi connectivity index (χ2v) is 10.7. The first kappa shape index (κ1) is 22.9. The fraction of sp³-hybridized carbons (Fsp3) is 0.261. The highest BCUT2D eigenvalue weighted by Gasteiger charge is 2.19. The third kappa shape index (κ3) is 5.07. The zero-order chi connectivity index (χ0) is 23.6. The molecule has 2 N–H and O–H groups in total. The molecule has 0 aliphatic carbocycles. The molecule has 0 fully saturated rings. The Balaban J connectivity index is 1.64. The zero-order valence-electron chi connectivity index (χ0n) is 18.6. The number of amides is 1. The van der Waals surface area contributed by atoms with E-state index in [0.717, 1.165) is 4.88 Å². The Kier molecular flexibility index (Phi) is 6.48. The van der Waals surface area contributed by atoms with Crippen molar-refractivity contribution in [2.75, 3.05) is 15.8 Å². The number of pyridine rings is 1. The molecule has 0 bridgehead atoms. The Morgan fingerprint density at radius 2 is 1.88 bits per heavy atom. The fourth-order valence-electron chi connectivity index (χ4n) is 3.45. The molecule has 4 aromatic rings. The summed E-state index contributed by atoms with van der Waals surface area (Å²) in [5.41, 5.74) is 2.85. The predicted molar refractivity (Wildman–Crippen MR) is 133 cm³/mol. The first-order chi connectivity index (χ1) is 15.8. The van der Waals surface area contributed by atoms with Crippen molar-refractivity contribution >= 4 is 49.7 Å². The van der Waals surface area contributed by atoms with Gasteiger partial charge in [0.25, 0.3) is 5.91 Å². The zero-order valence-corrected chi connectivity index (χ0v) is 20.2. The number of carbonyl (C=O) groups is 1. The van der Waals surface area contributed by atoms with E-state index in [2.05, 4.69) is 15.1 Å². The molecule has 0 atom stereocenters. The molecule has 4 rings (SSSR count). The number of hydrogen-bond donors (Lipinski definition) is 2. The van der Waals surface area contributed by atoms with Crippen molar-refractivity contribution in [3.8, 4) is 10.6 Å². The van der Waals surface area contributed by atoms with Crippen LogP contribution in [0.25, 0.3) is 21.6 Å². The van der Waals surface area contributed by atoms with Crippen LogP contribution in [0.1, 0.15) is 43.6 Å². The molecule has 1 amide bonds. The lowest BCUT2D eigenvalue weighted by Gasteiger charge is -2.11. The molecule has 0 aliphatic rings. The number of fused-ring (bicyclic) bond motifs is 1. The quantitative estimate of drug-likeness (QED) is 0.361. The summed E-state index contributed by atoms with van der Waals surface area (Å²) in [6.07, 6.45) is 2.20. The van der Waals surface area contributed by atoms with Crippen molar-refractivity contribution in [2.45, 2.75) is 33.2 Å². The lowest BCUT2D eigenvalue weighted by atomic mass is 10.1. The number of anilines is 2. The third-order valence-corrected chi connectivity index (χ3v) is 7.35. The molecule has 0 spiro atoms. The maximum atomic E-state index is 13.2. The van der Waals surface area contributed by atoms with Crippen molar-refractivity contribution in [1.29, 1.82) is 0 Å². The van der Waals surface area contributed by atoms with Gasteiger partial charge in [0.05, 0.1) is 33.5 Å². The number of benzene rings is 1. The number of rotatable bonds is 8. The molecule has 10 heteroatoms. The number of aromatic nitrogens is 3. The van der Waals surface area contributed by atoms with Gasteiger partial charge in [0, 0.05) is 17.4 Å². The molecule has 3 aromatic heterocycles. The van der Waals surface area contributed by atoms with Gasteiger partial charge in [-0.05, 0) is 62.0 Å². The van der Waals surface area contributed by atoms with Crippen molar-refractivity contribution in [2.24, 2.45) is 0 Å². The standard InChI is InChI=1S/C23H25N5O3S2/c1-4-12-33(30,31)27-17-9-7-16(8-10-17)25-23(29)18-13-20(21-6-5-11-32-21)26-22-19(18)14-24-28(22)15(2)3/h5-11,13-15,27H,4,12H2,1-3H3,(H,25,29). The van der Waals surface area contributed by atoms with Crippen LogP contribution in [0.5, 0.6) is 0 Å². The molecule has 0 saturated carbocycles. The Hall–Kier alpha value is -3.24. The summed E-state index contributed by atoms with van der Waals surface area (Å²) >= 11 is 1.56. The molecule has 0 saturated heterocycles. The number of nitrogens with one attached hydrogen (secondary N) is 2. The SMILES string of the molecule is CCCS(=O)(=O)Nc1ccc(NC(=O)c2cc(-c3cccs3)nc3c2cnn3C(C)C)cc1. The van der Waals surface area contributed by atoms with Crippen LogP contribution in [0.3, 0.4) is 0 Å². The highest BCUT2D eigenvalue weighted by molar-refractivity contribution is 7.92. The fourth-order valence-corrected chi connectivity index (χ4v) is 5.27. The van der Waals surface area contributed by atoms with Gasteiger partial charge in [-0.1, -0.05) is 13.0 Å². The topological polar surface area (TPSA) is 106 Å². The van der Waals surface area contributed by atoms with Crippen molar-refractivity contribution in [3.05, 3.63) is 59.6 Å². The molecule has 3 heterocycles. The van der Waals surface area contributed by atoms with Gasteiger partial charge in [-0.3, -0.25) is 9.52 Å². The van der Waals surface area contributed by atoms with E-state index in [4.69, 9.17) is 4.98 Å². The summed E-state index contributed by atoms with van der Waals surface area (Å²) in [6, 6.07) is 12.4. The van der Waals surface area contributed by atoms with E-state index in [-0.39, 0.29) is 17.7 Å². The average molecular weight is 484 g/mol. The first-order valence-electron chi connectivity index (χ1n) is 10.6. The summed E-state index contributed by atoms with van der Waals surface area (Å²) in [4.78, 5) is 19.0. The van der Waals surface area contributed by atoms with Crippen LogP contribution in [0.2, 0.25) is 0 Å². The van der Waals surface area contributed by atoms with Gasteiger partial charge in [0.1, 0.15) is 0 Å². The second-order valence-electron chi connectivity index (χ2n) is 7.90. The van der Waals surface area contributed by atoms with Gasteiger partial charge in [-0.2, -0.15) is 5.10 Å². The summed E-state index contributed by atoms with van der Waals surface area (Å²) < 4.78 is 28.3. The number of thiophene rings is 1. The van der Waals surface area contributed by atoms with Crippen molar-refractivity contribution < 1.29 is 13.2 Å². The molecular weight excluding hydrogens is 458 g/mol. The Morgan fingerprint density at radius 1 is 1.15 bits per heavy atom. The van der Waals surface area contributed by atoms with E-state index >= 15 is 0 Å². The molecule has 8 nitrogen and oxygen atoms in total. The van der Waals surface area contributed by atoms with Crippen LogP contribution >= 0.6 is 11.3 Å². The Bertz CT molecular complexity index is 1380. The van der Waals surface area contributed by atoms with E-state index in [0.29, 0.717) is 40.1 Å². The van der Waals surface area contributed by atoms with Crippen molar-refractivity contribution in [1.82, 2.24) is 14.8 Å². The number of carbonyl (C=O) groups excluding carboxylic acids is 1. The molecule has 0 radical (unpaired) electrons. The minimum Gasteiger partial charge on any atom is -0.322 e. The lowest BCUT2D eigenvalue weighted by Crippen LogP contribution is -2.16. The van der Waals surface area contributed by atoms with E-state index in [1.807, 2.05) is 38.3 Å². The summed E-state index contributed by atoms with van der Waals surface area (Å²) in [6.45, 7) is 5.84. The normalized spacial score (nSPS) is 11.8. The number of sulfonamides is 1. The van der Waals surface area contributed by atoms with Gasteiger partial charge in [-0.25, -0.2) is 18.1 Å². The maximum absolute atomic E-state index is 13.2. The monoisotopic (exact) mass is 483 g/mol. The van der Waals surface area contributed by atoms with Gasteiger partial charge in [0.15, 0.2) is 5.65 Å². The van der Waals surface area contributed by atoms with E-state index in [1.54, 1.807) is 52.5 Å². The van der Waals surface area contributed by atoms with Gasteiger partial charge in [0.2, 0.25) is 10.0 Å². The number of hydrogen-bond acceptors (Lipinski definition) is 6. The average Bonchev–Trinajstić information content (AvgIpc) is 3.44. The Morgan fingerprint density at radius 3 is 2.52 bits per heavy atom. The largest absolute Gasteiger partial charge is 0.322 e. The van der Waals surface area contributed by atoms with Crippen LogP contribution in [-0.4, -0.2) is 34.8 Å². The smallest absolute Gasteiger partial charge is 0.256 e. The molecule has 0 unspecified atom stereocenters. The van der Waals surface area contributed by atoms with Crippen LogP contribution in [-0.2, 0) is 10.0 Å². The first-order valence-corrected chi connectivity index (χ1v) is 13.1. The van der Waals surface area contributed by atoms with Gasteiger partial charge < -0.3 is 5.32 Å². The second kappa shape index (κ2) is 9.32. The van der Waals surface area contributed by atoms with Crippen LogP contribution in [0, 0.1) is 0 Å². The van der Waals surface area contributed by atoms with E-state index in [9.17, 15) is 13.2 Å². The van der Waals surface area contributed by atoms with Gasteiger partial charge >= 0.3 is 0 Å². The van der Waals surface area contributed by atoms with Crippen LogP contribution in [0.4, 0.5) is 11.4 Å². The highest BCUT2D eigenvalue weighted by Crippen LogP contribution is 2.29.